The molecule has 0 atom stereocenters. The lowest BCUT2D eigenvalue weighted by molar-refractivity contribution is -0.931. The lowest BCUT2D eigenvalue weighted by atomic mass is 10.1. The molecule has 17 heavy (non-hydrogen) atoms. The van der Waals surface area contributed by atoms with Crippen LogP contribution >= 0.6 is 0 Å². The average molecular weight is 241 g/mol. The number of rotatable bonds is 4. The third kappa shape index (κ3) is 4.25. The van der Waals surface area contributed by atoms with Crippen molar-refractivity contribution in [2.45, 2.75) is 0 Å². The zero-order valence-electron chi connectivity index (χ0n) is 10.4. The molecule has 2 fully saturated rings. The van der Waals surface area contributed by atoms with Gasteiger partial charge in [-0.15, -0.1) is 0 Å². The Morgan fingerprint density at radius 3 is 1.65 bits per heavy atom. The van der Waals surface area contributed by atoms with Crippen LogP contribution in [0.2, 0.25) is 0 Å². The summed E-state index contributed by atoms with van der Waals surface area (Å²) in [6, 6.07) is 2.47. The van der Waals surface area contributed by atoms with Crippen LogP contribution in [0.15, 0.2) is 0 Å². The summed E-state index contributed by atoms with van der Waals surface area (Å²) in [5.41, 5.74) is 0. The van der Waals surface area contributed by atoms with Gasteiger partial charge in [-0.2, -0.15) is 5.26 Å². The van der Waals surface area contributed by atoms with Gasteiger partial charge in [-0.1, -0.05) is 0 Å². The highest BCUT2D eigenvalue weighted by molar-refractivity contribution is 4.81. The van der Waals surface area contributed by atoms with E-state index in [0.29, 0.717) is 0 Å². The van der Waals surface area contributed by atoms with Gasteiger partial charge in [0.05, 0.1) is 45.6 Å². The highest BCUT2D eigenvalue weighted by Gasteiger charge is 2.24. The fourth-order valence-electron chi connectivity index (χ4n) is 2.59. The predicted molar refractivity (Wildman–Crippen MR) is 61.9 cm³/mol. The minimum Gasteiger partial charge on any atom is -0.370 e. The fourth-order valence-corrected chi connectivity index (χ4v) is 2.59. The van der Waals surface area contributed by atoms with Crippen molar-refractivity contribution in [1.29, 1.82) is 5.26 Å². The monoisotopic (exact) mass is 241 g/mol. The molecular weight excluding hydrogens is 218 g/mol. The number of nitrogens with zero attached hydrogens (tertiary/aromatic N) is 1. The van der Waals surface area contributed by atoms with Crippen LogP contribution in [0.3, 0.4) is 0 Å². The van der Waals surface area contributed by atoms with E-state index in [2.05, 4.69) is 6.07 Å². The number of morpholine rings is 2. The summed E-state index contributed by atoms with van der Waals surface area (Å²) in [7, 11) is 0. The minimum atomic E-state index is 0.177. The van der Waals surface area contributed by atoms with Gasteiger partial charge >= 0.3 is 0 Å². The maximum Gasteiger partial charge on any atom is 0.144 e. The first kappa shape index (κ1) is 12.8. The maximum atomic E-state index is 9.25. The highest BCUT2D eigenvalue weighted by Crippen LogP contribution is 1.88. The van der Waals surface area contributed by atoms with E-state index in [4.69, 9.17) is 9.47 Å². The molecule has 2 saturated heterocycles. The van der Waals surface area contributed by atoms with Crippen molar-refractivity contribution >= 4 is 0 Å². The molecule has 5 nitrogen and oxygen atoms in total. The summed E-state index contributed by atoms with van der Waals surface area (Å²) in [6.45, 7) is 9.54. The number of hydrogen-bond donors (Lipinski definition) is 2. The van der Waals surface area contributed by atoms with Gasteiger partial charge in [0, 0.05) is 0 Å². The lowest BCUT2D eigenvalue weighted by Crippen LogP contribution is -3.18. The summed E-state index contributed by atoms with van der Waals surface area (Å²) in [5.74, 6) is 0.177. The van der Waals surface area contributed by atoms with Crippen LogP contribution in [0.5, 0.6) is 0 Å². The molecule has 0 bridgehead atoms. The molecule has 0 unspecified atom stereocenters. The lowest BCUT2D eigenvalue weighted by Gasteiger charge is -2.28. The second kappa shape index (κ2) is 6.92. The molecule has 0 radical (unpaired) electrons. The summed E-state index contributed by atoms with van der Waals surface area (Å²) < 4.78 is 10.7. The van der Waals surface area contributed by atoms with Crippen molar-refractivity contribution in [3.63, 3.8) is 0 Å². The van der Waals surface area contributed by atoms with Gasteiger partial charge in [-0.3, -0.25) is 0 Å². The molecule has 5 heteroatoms. The number of ether oxygens (including phenoxy) is 2. The first-order valence-corrected chi connectivity index (χ1v) is 6.60. The molecule has 0 aromatic carbocycles. The molecule has 96 valence electrons. The van der Waals surface area contributed by atoms with Crippen LogP contribution in [0.25, 0.3) is 0 Å². The van der Waals surface area contributed by atoms with E-state index in [1.165, 1.54) is 9.80 Å². The molecule has 2 N–H and O–H groups in total. The normalized spacial score (nSPS) is 23.8. The van der Waals surface area contributed by atoms with Crippen molar-refractivity contribution in [2.24, 2.45) is 5.92 Å². The Morgan fingerprint density at radius 2 is 1.29 bits per heavy atom. The zero-order valence-corrected chi connectivity index (χ0v) is 10.4. The first-order chi connectivity index (χ1) is 8.38. The third-order valence-electron chi connectivity index (χ3n) is 3.65. The molecule has 2 aliphatic rings. The van der Waals surface area contributed by atoms with E-state index in [0.717, 1.165) is 65.7 Å². The van der Waals surface area contributed by atoms with Crippen LogP contribution in [0.4, 0.5) is 0 Å². The highest BCUT2D eigenvalue weighted by atomic mass is 16.5. The van der Waals surface area contributed by atoms with Crippen molar-refractivity contribution in [2.75, 3.05) is 65.7 Å². The summed E-state index contributed by atoms with van der Waals surface area (Å²) >= 11 is 0. The second-order valence-electron chi connectivity index (χ2n) is 4.96. The third-order valence-corrected chi connectivity index (χ3v) is 3.65. The van der Waals surface area contributed by atoms with E-state index >= 15 is 0 Å². The molecule has 0 spiro atoms. The van der Waals surface area contributed by atoms with Crippen molar-refractivity contribution in [3.8, 4) is 6.07 Å². The van der Waals surface area contributed by atoms with Gasteiger partial charge < -0.3 is 19.3 Å². The Kier molecular flexibility index (Phi) is 5.20. The topological polar surface area (TPSA) is 51.1 Å². The van der Waals surface area contributed by atoms with Crippen LogP contribution in [0, 0.1) is 17.2 Å². The molecule has 0 aliphatic carbocycles. The maximum absolute atomic E-state index is 9.25. The predicted octanol–water partition coefficient (Wildman–Crippen LogP) is -3.04. The molecule has 0 amide bonds. The zero-order chi connectivity index (χ0) is 11.9. The van der Waals surface area contributed by atoms with Gasteiger partial charge in [0.2, 0.25) is 0 Å². The quantitative estimate of drug-likeness (QED) is 0.550. The summed E-state index contributed by atoms with van der Waals surface area (Å²) in [6.07, 6.45) is 0. The Morgan fingerprint density at radius 1 is 0.882 bits per heavy atom. The molecule has 2 rings (SSSR count). The molecule has 2 aliphatic heterocycles. The molecule has 0 aromatic heterocycles. The standard InChI is InChI=1S/C12H21N3O2/c13-9-12(10-14-1-5-16-6-2-14)11-15-3-7-17-8-4-15/h12H,1-8,10-11H2/p+2. The number of nitriles is 1. The molecule has 2 heterocycles. The van der Waals surface area contributed by atoms with Gasteiger partial charge in [0.25, 0.3) is 0 Å². The van der Waals surface area contributed by atoms with E-state index in [-0.39, 0.29) is 5.92 Å². The smallest absolute Gasteiger partial charge is 0.144 e. The largest absolute Gasteiger partial charge is 0.370 e. The molecule has 0 saturated carbocycles. The Balaban J connectivity index is 1.73. The van der Waals surface area contributed by atoms with Crippen molar-refractivity contribution in [1.82, 2.24) is 0 Å². The number of hydrogen-bond acceptors (Lipinski definition) is 3. The van der Waals surface area contributed by atoms with E-state index in [1.54, 1.807) is 0 Å². The first-order valence-electron chi connectivity index (χ1n) is 6.60. The van der Waals surface area contributed by atoms with E-state index in [9.17, 15) is 5.26 Å². The Hall–Kier alpha value is -0.670. The summed E-state index contributed by atoms with van der Waals surface area (Å²) in [5, 5.41) is 9.25. The van der Waals surface area contributed by atoms with Crippen molar-refractivity contribution in [3.05, 3.63) is 0 Å². The number of quaternary nitrogens is 2. The fraction of sp³-hybridized carbons (Fsp3) is 0.917. The van der Waals surface area contributed by atoms with Gasteiger partial charge in [0.1, 0.15) is 32.1 Å². The Bertz CT molecular complexity index is 235. The average Bonchev–Trinajstić information content (AvgIpc) is 2.40. The second-order valence-corrected chi connectivity index (χ2v) is 4.96. The van der Waals surface area contributed by atoms with Crippen LogP contribution in [-0.2, 0) is 9.47 Å². The van der Waals surface area contributed by atoms with Gasteiger partial charge in [-0.05, 0) is 0 Å². The van der Waals surface area contributed by atoms with Gasteiger partial charge in [0.15, 0.2) is 0 Å². The van der Waals surface area contributed by atoms with Crippen LogP contribution in [-0.4, -0.2) is 65.7 Å². The summed E-state index contributed by atoms with van der Waals surface area (Å²) in [4.78, 5) is 3.05. The van der Waals surface area contributed by atoms with Gasteiger partial charge in [-0.25, -0.2) is 0 Å². The van der Waals surface area contributed by atoms with Crippen LogP contribution < -0.4 is 9.80 Å². The minimum absolute atomic E-state index is 0.177. The molecule has 0 aromatic rings. The number of nitrogens with one attached hydrogen (secondary N) is 2. The van der Waals surface area contributed by atoms with Crippen LogP contribution in [0.1, 0.15) is 0 Å². The Labute approximate surface area is 103 Å². The van der Waals surface area contributed by atoms with Crippen molar-refractivity contribution < 1.29 is 19.3 Å². The molecular formula is C12H23N3O2+2. The SMILES string of the molecule is N#CC(C[NH+]1CCOCC1)C[NH+]1CCOCC1. The van der Waals surface area contributed by atoms with E-state index in [1.807, 2.05) is 0 Å². The van der Waals surface area contributed by atoms with E-state index < -0.39 is 0 Å².